The van der Waals surface area contributed by atoms with Gasteiger partial charge in [-0.05, 0) is 55.2 Å². The van der Waals surface area contributed by atoms with Crippen molar-refractivity contribution >= 4 is 15.9 Å². The molecule has 0 heterocycles. The van der Waals surface area contributed by atoms with Crippen LogP contribution >= 0.6 is 15.9 Å². The summed E-state index contributed by atoms with van der Waals surface area (Å²) in [6.45, 7) is 3.03. The fourth-order valence-corrected chi connectivity index (χ4v) is 4.18. The van der Waals surface area contributed by atoms with E-state index in [2.05, 4.69) is 52.4 Å². The third kappa shape index (κ3) is 3.88. The van der Waals surface area contributed by atoms with E-state index < -0.39 is 5.60 Å². The lowest BCUT2D eigenvalue weighted by atomic mass is 9.74. The lowest BCUT2D eigenvalue weighted by molar-refractivity contribution is -0.0162. The number of benzene rings is 1. The first-order valence-electron chi connectivity index (χ1n) is 8.25. The molecule has 0 radical (unpaired) electrons. The van der Waals surface area contributed by atoms with Gasteiger partial charge in [0.25, 0.3) is 0 Å². The summed E-state index contributed by atoms with van der Waals surface area (Å²) in [5.41, 5.74) is 0.988. The summed E-state index contributed by atoms with van der Waals surface area (Å²) in [6.07, 6.45) is 6.78. The van der Waals surface area contributed by atoms with E-state index in [0.717, 1.165) is 23.9 Å². The number of hydrogen-bond donors (Lipinski definition) is 2. The minimum absolute atomic E-state index is 0.458. The van der Waals surface area contributed by atoms with Gasteiger partial charge in [-0.15, -0.1) is 0 Å². The molecule has 116 valence electrons. The van der Waals surface area contributed by atoms with Crippen molar-refractivity contribution in [3.63, 3.8) is 0 Å². The summed E-state index contributed by atoms with van der Waals surface area (Å²) in [4.78, 5) is 0. The van der Waals surface area contributed by atoms with Crippen LogP contribution in [0.4, 0.5) is 0 Å². The fourth-order valence-electron chi connectivity index (χ4n) is 3.92. The van der Waals surface area contributed by atoms with Gasteiger partial charge in [0.05, 0.1) is 5.60 Å². The zero-order chi connectivity index (χ0) is 14.9. The number of aliphatic hydroxyl groups is 1. The van der Waals surface area contributed by atoms with Gasteiger partial charge in [0.2, 0.25) is 0 Å². The first-order chi connectivity index (χ1) is 10.0. The second kappa shape index (κ2) is 6.39. The van der Waals surface area contributed by atoms with E-state index in [1.807, 2.05) is 0 Å². The Balaban J connectivity index is 1.43. The van der Waals surface area contributed by atoms with Crippen LogP contribution in [0.1, 0.15) is 56.9 Å². The van der Waals surface area contributed by atoms with Gasteiger partial charge >= 0.3 is 0 Å². The van der Waals surface area contributed by atoms with Gasteiger partial charge in [0, 0.05) is 17.1 Å². The predicted octanol–water partition coefficient (Wildman–Crippen LogP) is 4.23. The van der Waals surface area contributed by atoms with Crippen LogP contribution in [0.5, 0.6) is 0 Å². The Hall–Kier alpha value is -0.380. The van der Waals surface area contributed by atoms with Gasteiger partial charge in [-0.3, -0.25) is 0 Å². The number of nitrogens with one attached hydrogen (secondary N) is 1. The first-order valence-corrected chi connectivity index (χ1v) is 9.05. The summed E-state index contributed by atoms with van der Waals surface area (Å²) >= 11 is 3.49. The lowest BCUT2D eigenvalue weighted by Crippen LogP contribution is -2.50. The average molecular weight is 352 g/mol. The molecular weight excluding hydrogens is 326 g/mol. The van der Waals surface area contributed by atoms with E-state index in [1.54, 1.807) is 0 Å². The van der Waals surface area contributed by atoms with E-state index in [4.69, 9.17) is 0 Å². The van der Waals surface area contributed by atoms with Crippen LogP contribution < -0.4 is 5.32 Å². The topological polar surface area (TPSA) is 32.3 Å². The summed E-state index contributed by atoms with van der Waals surface area (Å²) < 4.78 is 1.15. The SMILES string of the molecule is CC1CCCC(O)(CNC2CC(c3ccc(Br)cc3)C2)C1. The highest BCUT2D eigenvalue weighted by atomic mass is 79.9. The molecule has 2 aliphatic carbocycles. The van der Waals surface area contributed by atoms with Crippen molar-refractivity contribution in [3.8, 4) is 0 Å². The van der Waals surface area contributed by atoms with E-state index in [1.165, 1.54) is 31.2 Å². The Morgan fingerprint density at radius 3 is 2.67 bits per heavy atom. The van der Waals surface area contributed by atoms with Crippen molar-refractivity contribution in [2.45, 2.75) is 63.0 Å². The molecule has 2 atom stereocenters. The predicted molar refractivity (Wildman–Crippen MR) is 90.5 cm³/mol. The van der Waals surface area contributed by atoms with E-state index in [0.29, 0.717) is 17.9 Å². The van der Waals surface area contributed by atoms with E-state index in [-0.39, 0.29) is 0 Å². The molecular formula is C18H26BrNO. The smallest absolute Gasteiger partial charge is 0.0774 e. The molecule has 21 heavy (non-hydrogen) atoms. The van der Waals surface area contributed by atoms with Crippen LogP contribution in [-0.4, -0.2) is 23.3 Å². The molecule has 3 heteroatoms. The largest absolute Gasteiger partial charge is 0.389 e. The molecule has 0 spiro atoms. The molecule has 0 aliphatic heterocycles. The van der Waals surface area contributed by atoms with Gasteiger partial charge in [-0.1, -0.05) is 47.8 Å². The Morgan fingerprint density at radius 1 is 1.29 bits per heavy atom. The maximum absolute atomic E-state index is 10.7. The van der Waals surface area contributed by atoms with Crippen LogP contribution in [-0.2, 0) is 0 Å². The Kier molecular flexibility index (Phi) is 4.72. The highest BCUT2D eigenvalue weighted by molar-refractivity contribution is 9.10. The fraction of sp³-hybridized carbons (Fsp3) is 0.667. The molecule has 0 amide bonds. The van der Waals surface area contributed by atoms with E-state index >= 15 is 0 Å². The molecule has 1 aromatic carbocycles. The summed E-state index contributed by atoms with van der Waals surface area (Å²) in [7, 11) is 0. The molecule has 0 saturated heterocycles. The van der Waals surface area contributed by atoms with Gasteiger partial charge in [0.15, 0.2) is 0 Å². The molecule has 2 unspecified atom stereocenters. The molecule has 1 aromatic rings. The van der Waals surface area contributed by atoms with Crippen molar-refractivity contribution < 1.29 is 5.11 Å². The van der Waals surface area contributed by atoms with Gasteiger partial charge in [-0.25, -0.2) is 0 Å². The molecule has 2 fully saturated rings. The molecule has 3 rings (SSSR count). The Bertz CT molecular complexity index is 469. The molecule has 0 bridgehead atoms. The monoisotopic (exact) mass is 351 g/mol. The van der Waals surface area contributed by atoms with Crippen LogP contribution in [0.2, 0.25) is 0 Å². The minimum Gasteiger partial charge on any atom is -0.389 e. The zero-order valence-electron chi connectivity index (χ0n) is 12.8. The van der Waals surface area contributed by atoms with Crippen LogP contribution in [0, 0.1) is 5.92 Å². The van der Waals surface area contributed by atoms with Crippen LogP contribution in [0.25, 0.3) is 0 Å². The van der Waals surface area contributed by atoms with Crippen LogP contribution in [0.15, 0.2) is 28.7 Å². The molecule has 0 aromatic heterocycles. The third-order valence-electron chi connectivity index (χ3n) is 5.27. The second-order valence-electron chi connectivity index (χ2n) is 7.22. The third-order valence-corrected chi connectivity index (χ3v) is 5.80. The maximum atomic E-state index is 10.7. The molecule has 2 aliphatic rings. The second-order valence-corrected chi connectivity index (χ2v) is 8.14. The number of rotatable bonds is 4. The van der Waals surface area contributed by atoms with Crippen molar-refractivity contribution in [2.75, 3.05) is 6.54 Å². The quantitative estimate of drug-likeness (QED) is 0.850. The molecule has 2 saturated carbocycles. The summed E-state index contributed by atoms with van der Waals surface area (Å²) in [5, 5.41) is 14.3. The molecule has 2 nitrogen and oxygen atoms in total. The standard InChI is InChI=1S/C18H26BrNO/c1-13-3-2-8-18(21,11-13)12-20-17-9-15(10-17)14-4-6-16(19)7-5-14/h4-7,13,15,17,20-21H,2-3,8-12H2,1H3. The maximum Gasteiger partial charge on any atom is 0.0774 e. The number of halogens is 1. The van der Waals surface area contributed by atoms with Crippen molar-refractivity contribution in [1.82, 2.24) is 5.32 Å². The first kappa shape index (κ1) is 15.5. The minimum atomic E-state index is -0.458. The van der Waals surface area contributed by atoms with Gasteiger partial charge < -0.3 is 10.4 Å². The van der Waals surface area contributed by atoms with Crippen molar-refractivity contribution in [2.24, 2.45) is 5.92 Å². The van der Waals surface area contributed by atoms with Gasteiger partial charge in [-0.2, -0.15) is 0 Å². The Morgan fingerprint density at radius 2 is 2.00 bits per heavy atom. The molecule has 2 N–H and O–H groups in total. The van der Waals surface area contributed by atoms with Crippen LogP contribution in [0.3, 0.4) is 0 Å². The lowest BCUT2D eigenvalue weighted by Gasteiger charge is -2.41. The zero-order valence-corrected chi connectivity index (χ0v) is 14.4. The highest BCUT2D eigenvalue weighted by Gasteiger charge is 2.35. The van der Waals surface area contributed by atoms with Gasteiger partial charge in [0.1, 0.15) is 0 Å². The average Bonchev–Trinajstić information content (AvgIpc) is 2.38. The summed E-state index contributed by atoms with van der Waals surface area (Å²) in [5.74, 6) is 1.36. The van der Waals surface area contributed by atoms with Crippen molar-refractivity contribution in [3.05, 3.63) is 34.3 Å². The summed E-state index contributed by atoms with van der Waals surface area (Å²) in [6, 6.07) is 9.28. The van der Waals surface area contributed by atoms with E-state index in [9.17, 15) is 5.11 Å². The van der Waals surface area contributed by atoms with Crippen molar-refractivity contribution in [1.29, 1.82) is 0 Å². The number of hydrogen-bond acceptors (Lipinski definition) is 2. The Labute approximate surface area is 136 Å². The highest BCUT2D eigenvalue weighted by Crippen LogP contribution is 2.38. The normalized spacial score (nSPS) is 36.2.